The first-order valence-electron chi connectivity index (χ1n) is 10.8. The Morgan fingerprint density at radius 3 is 2.74 bits per heavy atom. The molecule has 0 spiro atoms. The molecule has 0 bridgehead atoms. The average molecular weight is 468 g/mol. The first kappa shape index (κ1) is 21.9. The van der Waals surface area contributed by atoms with E-state index in [9.17, 15) is 13.2 Å². The number of hydrogen-bond acceptors (Lipinski definition) is 7. The van der Waals surface area contributed by atoms with Crippen LogP contribution in [-0.2, 0) is 25.8 Å². The van der Waals surface area contributed by atoms with E-state index in [0.717, 1.165) is 32.2 Å². The van der Waals surface area contributed by atoms with Gasteiger partial charge in [-0.1, -0.05) is 12.1 Å². The molecule has 1 unspecified atom stereocenters. The third-order valence-electron chi connectivity index (χ3n) is 6.18. The number of rotatable bonds is 4. The number of benzene rings is 1. The molecule has 34 heavy (non-hydrogen) atoms. The number of nitrogen functional groups attached to an aromatic ring is 1. The summed E-state index contributed by atoms with van der Waals surface area (Å²) in [4.78, 5) is 10.7. The van der Waals surface area contributed by atoms with Crippen LogP contribution in [0.3, 0.4) is 0 Å². The molecular formula is C23H23F3N8. The number of anilines is 3. The molecule has 0 saturated carbocycles. The minimum Gasteiger partial charge on any atom is -0.383 e. The summed E-state index contributed by atoms with van der Waals surface area (Å²) in [6.45, 7) is 4.77. The van der Waals surface area contributed by atoms with Gasteiger partial charge in [-0.25, -0.2) is 9.97 Å². The molecule has 3 aromatic heterocycles. The predicted octanol–water partition coefficient (Wildman–Crippen LogP) is 4.15. The number of aromatic nitrogens is 5. The highest BCUT2D eigenvalue weighted by Gasteiger charge is 2.40. The Labute approximate surface area is 193 Å². The zero-order valence-electron chi connectivity index (χ0n) is 18.6. The zero-order valence-corrected chi connectivity index (χ0v) is 18.6. The van der Waals surface area contributed by atoms with Crippen LogP contribution in [0.15, 0.2) is 42.7 Å². The quantitative estimate of drug-likeness (QED) is 0.464. The van der Waals surface area contributed by atoms with Gasteiger partial charge in [0.15, 0.2) is 5.82 Å². The SMILES string of the molecule is Cc1cc(N2Cc3nnc(C(F)(F)F)n3CC2C)ncc1CNc1cccc2c(N)nccc12. The van der Waals surface area contributed by atoms with Gasteiger partial charge in [0.1, 0.15) is 11.6 Å². The maximum absolute atomic E-state index is 13.2. The van der Waals surface area contributed by atoms with Crippen LogP contribution in [0.1, 0.15) is 29.7 Å². The van der Waals surface area contributed by atoms with Crippen molar-refractivity contribution in [2.75, 3.05) is 16.0 Å². The lowest BCUT2D eigenvalue weighted by Crippen LogP contribution is -2.42. The summed E-state index contributed by atoms with van der Waals surface area (Å²) >= 11 is 0. The molecule has 1 aliphatic heterocycles. The number of nitrogens with one attached hydrogen (secondary N) is 1. The minimum atomic E-state index is -4.52. The highest BCUT2D eigenvalue weighted by Crippen LogP contribution is 2.32. The monoisotopic (exact) mass is 468 g/mol. The van der Waals surface area contributed by atoms with Gasteiger partial charge in [0, 0.05) is 48.0 Å². The van der Waals surface area contributed by atoms with E-state index >= 15 is 0 Å². The molecular weight excluding hydrogens is 445 g/mol. The fraction of sp³-hybridized carbons (Fsp3) is 0.304. The molecule has 0 amide bonds. The Balaban J connectivity index is 1.35. The van der Waals surface area contributed by atoms with Crippen molar-refractivity contribution < 1.29 is 13.2 Å². The number of fused-ring (bicyclic) bond motifs is 2. The van der Waals surface area contributed by atoms with Crippen LogP contribution < -0.4 is 16.0 Å². The second kappa shape index (κ2) is 8.15. The molecule has 0 aliphatic carbocycles. The number of hydrogen-bond donors (Lipinski definition) is 2. The lowest BCUT2D eigenvalue weighted by atomic mass is 10.1. The van der Waals surface area contributed by atoms with Crippen LogP contribution >= 0.6 is 0 Å². The van der Waals surface area contributed by atoms with Gasteiger partial charge < -0.3 is 20.5 Å². The van der Waals surface area contributed by atoms with Crippen LogP contribution in [0.2, 0.25) is 0 Å². The second-order valence-corrected chi connectivity index (χ2v) is 8.44. The first-order valence-corrected chi connectivity index (χ1v) is 10.8. The van der Waals surface area contributed by atoms with Crippen LogP contribution in [0, 0.1) is 6.92 Å². The van der Waals surface area contributed by atoms with Crippen molar-refractivity contribution in [3.05, 3.63) is 65.5 Å². The van der Waals surface area contributed by atoms with Crippen LogP contribution in [0.25, 0.3) is 10.8 Å². The van der Waals surface area contributed by atoms with Gasteiger partial charge >= 0.3 is 6.18 Å². The van der Waals surface area contributed by atoms with E-state index in [-0.39, 0.29) is 25.0 Å². The summed E-state index contributed by atoms with van der Waals surface area (Å²) in [6, 6.07) is 9.52. The van der Waals surface area contributed by atoms with E-state index in [1.54, 1.807) is 12.4 Å². The molecule has 0 saturated heterocycles. The Morgan fingerprint density at radius 2 is 1.97 bits per heavy atom. The number of alkyl halides is 3. The Bertz CT molecular complexity index is 1360. The Kier molecular flexibility index (Phi) is 5.26. The first-order chi connectivity index (χ1) is 16.2. The summed E-state index contributed by atoms with van der Waals surface area (Å²) < 4.78 is 40.7. The fourth-order valence-corrected chi connectivity index (χ4v) is 4.32. The fourth-order valence-electron chi connectivity index (χ4n) is 4.32. The number of nitrogens with zero attached hydrogens (tertiary/aromatic N) is 6. The smallest absolute Gasteiger partial charge is 0.383 e. The number of aryl methyl sites for hydroxylation is 1. The summed E-state index contributed by atoms with van der Waals surface area (Å²) in [5.41, 5.74) is 8.96. The molecule has 5 rings (SSSR count). The van der Waals surface area contributed by atoms with E-state index in [1.165, 1.54) is 0 Å². The average Bonchev–Trinajstić information content (AvgIpc) is 3.21. The van der Waals surface area contributed by atoms with Crippen LogP contribution in [-0.4, -0.2) is 30.8 Å². The van der Waals surface area contributed by atoms with Crippen molar-refractivity contribution in [3.63, 3.8) is 0 Å². The maximum atomic E-state index is 13.2. The van der Waals surface area contributed by atoms with Crippen molar-refractivity contribution in [2.24, 2.45) is 0 Å². The molecule has 8 nitrogen and oxygen atoms in total. The third kappa shape index (κ3) is 3.87. The molecule has 1 atom stereocenters. The van der Waals surface area contributed by atoms with E-state index in [2.05, 4.69) is 25.5 Å². The van der Waals surface area contributed by atoms with Gasteiger partial charge in [-0.15, -0.1) is 10.2 Å². The molecule has 0 fully saturated rings. The normalized spacial score (nSPS) is 16.0. The van der Waals surface area contributed by atoms with Crippen LogP contribution in [0.4, 0.5) is 30.5 Å². The van der Waals surface area contributed by atoms with Gasteiger partial charge in [0.2, 0.25) is 5.82 Å². The standard InChI is InChI=1S/C23H23F3N8/c1-13-8-19(33-12-20-31-32-22(23(24,25)26)34(20)11-14(33)2)30-10-15(13)9-29-18-5-3-4-17-16(18)6-7-28-21(17)27/h3-8,10,14,29H,9,11-12H2,1-2H3,(H2,27,28). The summed E-state index contributed by atoms with van der Waals surface area (Å²) in [7, 11) is 0. The van der Waals surface area contributed by atoms with Crippen molar-refractivity contribution in [1.82, 2.24) is 24.7 Å². The highest BCUT2D eigenvalue weighted by atomic mass is 19.4. The maximum Gasteiger partial charge on any atom is 0.451 e. The lowest BCUT2D eigenvalue weighted by Gasteiger charge is -2.35. The lowest BCUT2D eigenvalue weighted by molar-refractivity contribution is -0.147. The summed E-state index contributed by atoms with van der Waals surface area (Å²) in [6.07, 6.45) is -1.04. The number of halogens is 3. The summed E-state index contributed by atoms with van der Waals surface area (Å²) in [5.74, 6) is 0.503. The largest absolute Gasteiger partial charge is 0.451 e. The molecule has 4 heterocycles. The zero-order chi connectivity index (χ0) is 24.0. The van der Waals surface area contributed by atoms with Gasteiger partial charge in [0.25, 0.3) is 0 Å². The van der Waals surface area contributed by atoms with E-state index in [0.29, 0.717) is 18.2 Å². The molecule has 1 aromatic carbocycles. The van der Waals surface area contributed by atoms with Gasteiger partial charge in [-0.3, -0.25) is 0 Å². The van der Waals surface area contributed by atoms with E-state index in [1.807, 2.05) is 49.1 Å². The summed E-state index contributed by atoms with van der Waals surface area (Å²) in [5, 5.41) is 12.5. The van der Waals surface area contributed by atoms with Crippen molar-refractivity contribution in [2.45, 2.75) is 45.7 Å². The third-order valence-corrected chi connectivity index (χ3v) is 6.18. The van der Waals surface area contributed by atoms with E-state index in [4.69, 9.17) is 5.73 Å². The predicted molar refractivity (Wildman–Crippen MR) is 123 cm³/mol. The number of pyridine rings is 2. The topological polar surface area (TPSA) is 97.8 Å². The highest BCUT2D eigenvalue weighted by molar-refractivity contribution is 5.99. The molecule has 176 valence electrons. The molecule has 11 heteroatoms. The van der Waals surface area contributed by atoms with Crippen molar-refractivity contribution in [1.29, 1.82) is 0 Å². The molecule has 3 N–H and O–H groups in total. The van der Waals surface area contributed by atoms with Crippen LogP contribution in [0.5, 0.6) is 0 Å². The Morgan fingerprint density at radius 1 is 1.15 bits per heavy atom. The van der Waals surface area contributed by atoms with Crippen molar-refractivity contribution in [3.8, 4) is 0 Å². The minimum absolute atomic E-state index is 0.139. The van der Waals surface area contributed by atoms with Crippen molar-refractivity contribution >= 4 is 28.1 Å². The second-order valence-electron chi connectivity index (χ2n) is 8.44. The molecule has 4 aromatic rings. The molecule has 1 aliphatic rings. The van der Waals surface area contributed by atoms with Gasteiger partial charge in [-0.05, 0) is 43.2 Å². The Hall–Kier alpha value is -3.89. The number of nitrogens with two attached hydrogens (primary N) is 1. The van der Waals surface area contributed by atoms with Gasteiger partial charge in [-0.2, -0.15) is 13.2 Å². The molecule has 0 radical (unpaired) electrons. The van der Waals surface area contributed by atoms with Gasteiger partial charge in [0.05, 0.1) is 6.54 Å². The van der Waals surface area contributed by atoms with E-state index < -0.39 is 12.0 Å².